The number of rotatable bonds is 3. The zero-order chi connectivity index (χ0) is 17.7. The number of hydrogen-bond acceptors (Lipinski definition) is 4. The van der Waals surface area contributed by atoms with Crippen LogP contribution in [-0.4, -0.2) is 50.6 Å². The van der Waals surface area contributed by atoms with Gasteiger partial charge in [0.25, 0.3) is 5.91 Å². The summed E-state index contributed by atoms with van der Waals surface area (Å²) in [5.41, 5.74) is 0.880. The number of carbonyl (C=O) groups excluding carboxylic acids is 2. The molecule has 1 aromatic carbocycles. The summed E-state index contributed by atoms with van der Waals surface area (Å²) in [4.78, 5) is 27.1. The van der Waals surface area contributed by atoms with Crippen LogP contribution < -0.4 is 4.90 Å². The zero-order valence-electron chi connectivity index (χ0n) is 13.4. The fraction of sp³-hybridized carbons (Fsp3) is 0.375. The number of imide groups is 1. The van der Waals surface area contributed by atoms with Gasteiger partial charge in [0.05, 0.1) is 18.8 Å². The lowest BCUT2D eigenvalue weighted by molar-refractivity contribution is -0.119. The van der Waals surface area contributed by atoms with Crippen molar-refractivity contribution in [1.82, 2.24) is 19.9 Å². The molecule has 2 aliphatic rings. The number of fused-ring (bicyclic) bond motifs is 1. The second-order valence-corrected chi connectivity index (χ2v) is 6.20. The summed E-state index contributed by atoms with van der Waals surface area (Å²) in [6, 6.07) is 4.90. The summed E-state index contributed by atoms with van der Waals surface area (Å²) in [5, 5.41) is 7.86. The van der Waals surface area contributed by atoms with Crippen LogP contribution in [0.2, 0.25) is 0 Å². The minimum atomic E-state index is -1.18. The van der Waals surface area contributed by atoms with Crippen LogP contribution in [-0.2, 0) is 11.3 Å². The molecule has 0 radical (unpaired) electrons. The van der Waals surface area contributed by atoms with Gasteiger partial charge in [-0.25, -0.2) is 23.2 Å². The van der Waals surface area contributed by atoms with E-state index in [2.05, 4.69) is 10.3 Å². The van der Waals surface area contributed by atoms with Crippen molar-refractivity contribution in [3.8, 4) is 0 Å². The van der Waals surface area contributed by atoms with Gasteiger partial charge in [-0.05, 0) is 13.0 Å². The largest absolute Gasteiger partial charge is 0.333 e. The van der Waals surface area contributed by atoms with E-state index >= 15 is 0 Å². The minimum absolute atomic E-state index is 0.00346. The lowest BCUT2D eigenvalue weighted by Gasteiger charge is -2.14. The number of benzene rings is 1. The number of halogens is 2. The smallest absolute Gasteiger partial charge is 0.309 e. The van der Waals surface area contributed by atoms with Gasteiger partial charge in [0, 0.05) is 12.0 Å². The second kappa shape index (κ2) is 5.61. The standard InChI is InChI=1S/C16H15F2N5O2/c1-9-14(19-20-22(9)7-10-4-2-3-5-12(10)18)23-15(24)13-6-11(17)8-21(13)16(23)25/h2-5,11,13H,6-8H2,1H3/t11-,13-/m0/s1. The first-order valence-electron chi connectivity index (χ1n) is 7.89. The van der Waals surface area contributed by atoms with E-state index in [1.807, 2.05) is 0 Å². The van der Waals surface area contributed by atoms with E-state index in [4.69, 9.17) is 0 Å². The third kappa shape index (κ3) is 2.38. The molecule has 0 bridgehead atoms. The Morgan fingerprint density at radius 2 is 2.04 bits per heavy atom. The van der Waals surface area contributed by atoms with Crippen LogP contribution in [0.25, 0.3) is 0 Å². The molecule has 3 amide bonds. The quantitative estimate of drug-likeness (QED) is 0.792. The molecule has 3 heterocycles. The molecule has 25 heavy (non-hydrogen) atoms. The van der Waals surface area contributed by atoms with Crippen molar-refractivity contribution in [3.63, 3.8) is 0 Å². The molecule has 130 valence electrons. The molecule has 2 atom stereocenters. The predicted molar refractivity (Wildman–Crippen MR) is 83.2 cm³/mol. The maximum Gasteiger partial charge on any atom is 0.333 e. The van der Waals surface area contributed by atoms with Gasteiger partial charge in [-0.15, -0.1) is 5.10 Å². The van der Waals surface area contributed by atoms with E-state index in [1.165, 1.54) is 15.6 Å². The Morgan fingerprint density at radius 3 is 2.76 bits per heavy atom. The van der Waals surface area contributed by atoms with E-state index in [0.29, 0.717) is 11.3 Å². The molecule has 0 unspecified atom stereocenters. The summed E-state index contributed by atoms with van der Waals surface area (Å²) in [5.74, 6) is -0.760. The SMILES string of the molecule is Cc1c(N2C(=O)[C@@H]3C[C@H](F)CN3C2=O)nnn1Cc1ccccc1F. The number of nitrogens with zero attached hydrogens (tertiary/aromatic N) is 5. The van der Waals surface area contributed by atoms with E-state index in [-0.39, 0.29) is 31.1 Å². The van der Waals surface area contributed by atoms with Crippen LogP contribution >= 0.6 is 0 Å². The lowest BCUT2D eigenvalue weighted by Crippen LogP contribution is -2.35. The van der Waals surface area contributed by atoms with Crippen molar-refractivity contribution in [2.24, 2.45) is 0 Å². The van der Waals surface area contributed by atoms with Crippen LogP contribution in [0, 0.1) is 12.7 Å². The highest BCUT2D eigenvalue weighted by atomic mass is 19.1. The van der Waals surface area contributed by atoms with Crippen molar-refractivity contribution < 1.29 is 18.4 Å². The number of alkyl halides is 1. The average Bonchev–Trinajstić information content (AvgIpc) is 3.20. The Labute approximate surface area is 141 Å². The van der Waals surface area contributed by atoms with Gasteiger partial charge < -0.3 is 4.90 Å². The highest BCUT2D eigenvalue weighted by Crippen LogP contribution is 2.33. The molecule has 4 rings (SSSR count). The van der Waals surface area contributed by atoms with Crippen molar-refractivity contribution in [3.05, 3.63) is 41.3 Å². The molecule has 0 spiro atoms. The normalized spacial score (nSPS) is 22.8. The van der Waals surface area contributed by atoms with E-state index in [9.17, 15) is 18.4 Å². The van der Waals surface area contributed by atoms with Crippen LogP contribution in [0.3, 0.4) is 0 Å². The summed E-state index contributed by atoms with van der Waals surface area (Å²) in [6.07, 6.45) is -1.18. The lowest BCUT2D eigenvalue weighted by atomic mass is 10.2. The van der Waals surface area contributed by atoms with Gasteiger partial charge in [-0.2, -0.15) is 0 Å². The highest BCUT2D eigenvalue weighted by Gasteiger charge is 2.52. The highest BCUT2D eigenvalue weighted by molar-refractivity contribution is 6.21. The molecule has 2 fully saturated rings. The number of carbonyl (C=O) groups is 2. The second-order valence-electron chi connectivity index (χ2n) is 6.20. The van der Waals surface area contributed by atoms with Gasteiger partial charge in [0.2, 0.25) is 0 Å². The topological polar surface area (TPSA) is 71.3 Å². The molecular formula is C16H15F2N5O2. The first-order chi connectivity index (χ1) is 12.0. The predicted octanol–water partition coefficient (Wildman–Crippen LogP) is 1.65. The number of amides is 3. The summed E-state index contributed by atoms with van der Waals surface area (Å²) in [6.45, 7) is 1.69. The molecule has 0 saturated carbocycles. The maximum absolute atomic E-state index is 13.8. The molecular weight excluding hydrogens is 332 g/mol. The Hall–Kier alpha value is -2.84. The van der Waals surface area contributed by atoms with Crippen molar-refractivity contribution in [2.45, 2.75) is 32.1 Å². The maximum atomic E-state index is 13.8. The van der Waals surface area contributed by atoms with E-state index in [1.54, 1.807) is 25.1 Å². The van der Waals surface area contributed by atoms with E-state index in [0.717, 1.165) is 4.90 Å². The summed E-state index contributed by atoms with van der Waals surface area (Å²) in [7, 11) is 0. The first kappa shape index (κ1) is 15.7. The van der Waals surface area contributed by atoms with E-state index < -0.39 is 24.2 Å². The Bertz CT molecular complexity index is 844. The summed E-state index contributed by atoms with van der Waals surface area (Å²) >= 11 is 0. The summed E-state index contributed by atoms with van der Waals surface area (Å²) < 4.78 is 28.7. The molecule has 7 nitrogen and oxygen atoms in total. The van der Waals surface area contributed by atoms with Gasteiger partial charge in [0.1, 0.15) is 18.0 Å². The Balaban J connectivity index is 1.63. The monoisotopic (exact) mass is 347 g/mol. The van der Waals surface area contributed by atoms with Crippen LogP contribution in [0.15, 0.2) is 24.3 Å². The first-order valence-corrected chi connectivity index (χ1v) is 7.89. The molecule has 9 heteroatoms. The molecule has 2 aliphatic heterocycles. The Kier molecular flexibility index (Phi) is 3.52. The molecule has 2 saturated heterocycles. The van der Waals surface area contributed by atoms with Crippen LogP contribution in [0.4, 0.5) is 19.4 Å². The van der Waals surface area contributed by atoms with Crippen LogP contribution in [0.1, 0.15) is 17.7 Å². The molecule has 0 N–H and O–H groups in total. The van der Waals surface area contributed by atoms with Gasteiger partial charge >= 0.3 is 6.03 Å². The van der Waals surface area contributed by atoms with Crippen molar-refractivity contribution in [2.75, 3.05) is 11.4 Å². The molecule has 0 aliphatic carbocycles. The number of hydrogen-bond donors (Lipinski definition) is 0. The average molecular weight is 347 g/mol. The third-order valence-corrected chi connectivity index (χ3v) is 4.64. The number of anilines is 1. The van der Waals surface area contributed by atoms with Gasteiger partial charge in [-0.1, -0.05) is 23.4 Å². The zero-order valence-corrected chi connectivity index (χ0v) is 13.4. The fourth-order valence-electron chi connectivity index (χ4n) is 3.29. The minimum Gasteiger partial charge on any atom is -0.309 e. The third-order valence-electron chi connectivity index (χ3n) is 4.64. The Morgan fingerprint density at radius 1 is 1.28 bits per heavy atom. The van der Waals surface area contributed by atoms with Crippen molar-refractivity contribution in [1.29, 1.82) is 0 Å². The molecule has 2 aromatic rings. The molecule has 1 aromatic heterocycles. The van der Waals surface area contributed by atoms with Gasteiger partial charge in [-0.3, -0.25) is 4.79 Å². The van der Waals surface area contributed by atoms with Crippen LogP contribution in [0.5, 0.6) is 0 Å². The van der Waals surface area contributed by atoms with Gasteiger partial charge in [0.15, 0.2) is 5.82 Å². The van der Waals surface area contributed by atoms with Crippen molar-refractivity contribution >= 4 is 17.8 Å². The number of aromatic nitrogens is 3. The fourth-order valence-corrected chi connectivity index (χ4v) is 3.29. The number of urea groups is 1.